The zero-order valence-corrected chi connectivity index (χ0v) is 10.6. The summed E-state index contributed by atoms with van der Waals surface area (Å²) in [6.45, 7) is 2.15. The second kappa shape index (κ2) is 6.65. The van der Waals surface area contributed by atoms with Crippen LogP contribution < -0.4 is 4.74 Å². The molecule has 0 heterocycles. The van der Waals surface area contributed by atoms with Crippen molar-refractivity contribution in [3.05, 3.63) is 66.9 Å². The van der Waals surface area contributed by atoms with Crippen LogP contribution in [0.25, 0.3) is 11.1 Å². The first kappa shape index (κ1) is 12.4. The summed E-state index contributed by atoms with van der Waals surface area (Å²) in [5.41, 5.74) is 2.38. The molecule has 0 saturated carbocycles. The molecule has 1 nitrogen and oxygen atoms in total. The normalized spacial score (nSPS) is 10.7. The lowest BCUT2D eigenvalue weighted by Crippen LogP contribution is -1.82. The number of unbranched alkanes of at least 4 members (excludes halogenated alkanes) is 1. The van der Waals surface area contributed by atoms with Crippen LogP contribution in [0.15, 0.2) is 60.9 Å². The smallest absolute Gasteiger partial charge is 0.126 e. The molecule has 0 saturated heterocycles. The molecule has 91 valence electrons. The molecule has 0 N–H and O–H groups in total. The maximum atomic E-state index is 5.51. The molecule has 2 aromatic rings. The fourth-order valence-corrected chi connectivity index (χ4v) is 1.67. The Bertz CT molecular complexity index is 483. The van der Waals surface area contributed by atoms with E-state index in [1.165, 1.54) is 11.1 Å². The van der Waals surface area contributed by atoms with E-state index in [2.05, 4.69) is 37.3 Å². The van der Waals surface area contributed by atoms with Gasteiger partial charge in [0, 0.05) is 0 Å². The summed E-state index contributed by atoms with van der Waals surface area (Å²) in [4.78, 5) is 0. The quantitative estimate of drug-likeness (QED) is 0.676. The zero-order valence-electron chi connectivity index (χ0n) is 10.6. The van der Waals surface area contributed by atoms with Gasteiger partial charge in [-0.15, -0.1) is 0 Å². The molecule has 0 fully saturated rings. The zero-order chi connectivity index (χ0) is 12.6. The van der Waals surface area contributed by atoms with Crippen LogP contribution in [0, 0.1) is 6.07 Å². The van der Waals surface area contributed by atoms with Gasteiger partial charge in [0.05, 0.1) is 6.26 Å². The molecule has 2 rings (SSSR count). The molecule has 1 radical (unpaired) electrons. The van der Waals surface area contributed by atoms with Crippen LogP contribution in [0.5, 0.6) is 5.75 Å². The third-order valence-corrected chi connectivity index (χ3v) is 2.66. The lowest BCUT2D eigenvalue weighted by molar-refractivity contribution is 0.478. The second-order valence-electron chi connectivity index (χ2n) is 4.09. The summed E-state index contributed by atoms with van der Waals surface area (Å²) in [5, 5.41) is 0. The average molecular weight is 237 g/mol. The first-order valence-electron chi connectivity index (χ1n) is 6.28. The highest BCUT2D eigenvalue weighted by Crippen LogP contribution is 2.21. The largest absolute Gasteiger partial charge is 0.465 e. The van der Waals surface area contributed by atoms with E-state index in [0.717, 1.165) is 18.6 Å². The Hall–Kier alpha value is -2.02. The van der Waals surface area contributed by atoms with Gasteiger partial charge < -0.3 is 4.74 Å². The van der Waals surface area contributed by atoms with Gasteiger partial charge in [-0.25, -0.2) is 0 Å². The summed E-state index contributed by atoms with van der Waals surface area (Å²) in [7, 11) is 0. The molecular weight excluding hydrogens is 220 g/mol. The Kier molecular flexibility index (Phi) is 4.60. The number of benzene rings is 2. The highest BCUT2D eigenvalue weighted by molar-refractivity contribution is 5.63. The second-order valence-corrected chi connectivity index (χ2v) is 4.09. The SMILES string of the molecule is CCCC=COc1ccc(-c2cc[c]cc2)cc1. The van der Waals surface area contributed by atoms with Gasteiger partial charge in [0.15, 0.2) is 0 Å². The third kappa shape index (κ3) is 3.49. The van der Waals surface area contributed by atoms with Gasteiger partial charge in [0.2, 0.25) is 0 Å². The van der Waals surface area contributed by atoms with Gasteiger partial charge in [-0.05, 0) is 41.8 Å². The minimum atomic E-state index is 0.869. The Morgan fingerprint density at radius 1 is 1.00 bits per heavy atom. The Balaban J connectivity index is 2.02. The molecule has 1 heteroatoms. The van der Waals surface area contributed by atoms with E-state index in [1.807, 2.05) is 30.3 Å². The summed E-state index contributed by atoms with van der Waals surface area (Å²) < 4.78 is 5.51. The predicted molar refractivity (Wildman–Crippen MR) is 75.4 cm³/mol. The first-order chi connectivity index (χ1) is 8.90. The van der Waals surface area contributed by atoms with Crippen molar-refractivity contribution in [2.24, 2.45) is 0 Å². The maximum absolute atomic E-state index is 5.51. The van der Waals surface area contributed by atoms with Gasteiger partial charge in [0.25, 0.3) is 0 Å². The first-order valence-corrected chi connectivity index (χ1v) is 6.28. The van der Waals surface area contributed by atoms with Gasteiger partial charge in [0.1, 0.15) is 5.75 Å². The summed E-state index contributed by atoms with van der Waals surface area (Å²) in [5.74, 6) is 0.869. The van der Waals surface area contributed by atoms with Crippen LogP contribution in [0.3, 0.4) is 0 Å². The number of hydrogen-bond donors (Lipinski definition) is 0. The molecule has 0 amide bonds. The summed E-state index contributed by atoms with van der Waals surface area (Å²) >= 11 is 0. The number of ether oxygens (including phenoxy) is 1. The lowest BCUT2D eigenvalue weighted by Gasteiger charge is -2.03. The van der Waals surface area contributed by atoms with Crippen molar-refractivity contribution in [1.82, 2.24) is 0 Å². The molecule has 0 aliphatic rings. The van der Waals surface area contributed by atoms with E-state index < -0.39 is 0 Å². The van der Waals surface area contributed by atoms with E-state index in [0.29, 0.717) is 0 Å². The van der Waals surface area contributed by atoms with Crippen molar-refractivity contribution in [2.45, 2.75) is 19.8 Å². The number of allylic oxidation sites excluding steroid dienone is 1. The molecule has 0 spiro atoms. The van der Waals surface area contributed by atoms with Crippen molar-refractivity contribution < 1.29 is 4.74 Å². The molecule has 0 atom stereocenters. The predicted octanol–water partition coefficient (Wildman–Crippen LogP) is 4.85. The number of hydrogen-bond acceptors (Lipinski definition) is 1. The van der Waals surface area contributed by atoms with Gasteiger partial charge in [-0.1, -0.05) is 49.7 Å². The van der Waals surface area contributed by atoms with Crippen LogP contribution >= 0.6 is 0 Å². The molecule has 0 bridgehead atoms. The van der Waals surface area contributed by atoms with Crippen molar-refractivity contribution >= 4 is 0 Å². The molecule has 18 heavy (non-hydrogen) atoms. The third-order valence-electron chi connectivity index (χ3n) is 2.66. The van der Waals surface area contributed by atoms with Crippen LogP contribution in [0.2, 0.25) is 0 Å². The molecule has 0 unspecified atom stereocenters. The molecule has 0 aromatic heterocycles. The molecule has 2 aromatic carbocycles. The Labute approximate surface area is 109 Å². The highest BCUT2D eigenvalue weighted by Gasteiger charge is 1.96. The molecule has 0 aliphatic heterocycles. The molecular formula is C17H17O. The summed E-state index contributed by atoms with van der Waals surface area (Å²) in [6.07, 6.45) is 6.00. The monoisotopic (exact) mass is 237 g/mol. The average Bonchev–Trinajstić information content (AvgIpc) is 2.45. The standard InChI is InChI=1S/C17H17O/c1-2-3-7-14-18-17-12-10-16(11-13-17)15-8-5-4-6-9-15/h5-14H,2-3H2,1H3. The minimum absolute atomic E-state index is 0.869. The highest BCUT2D eigenvalue weighted by atomic mass is 16.5. The van der Waals surface area contributed by atoms with Crippen LogP contribution in [-0.2, 0) is 0 Å². The van der Waals surface area contributed by atoms with Gasteiger partial charge >= 0.3 is 0 Å². The van der Waals surface area contributed by atoms with Crippen molar-refractivity contribution in [3.8, 4) is 16.9 Å². The van der Waals surface area contributed by atoms with E-state index in [1.54, 1.807) is 6.26 Å². The van der Waals surface area contributed by atoms with Crippen LogP contribution in [0.1, 0.15) is 19.8 Å². The van der Waals surface area contributed by atoms with Crippen LogP contribution in [0.4, 0.5) is 0 Å². The van der Waals surface area contributed by atoms with Crippen molar-refractivity contribution in [1.29, 1.82) is 0 Å². The van der Waals surface area contributed by atoms with Gasteiger partial charge in [-0.3, -0.25) is 0 Å². The number of rotatable bonds is 5. The molecule has 0 aliphatic carbocycles. The Morgan fingerprint density at radius 3 is 2.33 bits per heavy atom. The fraction of sp³-hybridized carbons (Fsp3) is 0.176. The van der Waals surface area contributed by atoms with Crippen molar-refractivity contribution in [3.63, 3.8) is 0 Å². The minimum Gasteiger partial charge on any atom is -0.465 e. The lowest BCUT2D eigenvalue weighted by atomic mass is 10.1. The van der Waals surface area contributed by atoms with Crippen molar-refractivity contribution in [2.75, 3.05) is 0 Å². The maximum Gasteiger partial charge on any atom is 0.126 e. The Morgan fingerprint density at radius 2 is 1.67 bits per heavy atom. The van der Waals surface area contributed by atoms with E-state index >= 15 is 0 Å². The summed E-state index contributed by atoms with van der Waals surface area (Å²) in [6, 6.07) is 19.1. The van der Waals surface area contributed by atoms with E-state index in [-0.39, 0.29) is 0 Å². The topological polar surface area (TPSA) is 9.23 Å². The van der Waals surface area contributed by atoms with Gasteiger partial charge in [-0.2, -0.15) is 0 Å². The van der Waals surface area contributed by atoms with E-state index in [9.17, 15) is 0 Å². The van der Waals surface area contributed by atoms with Crippen LogP contribution in [-0.4, -0.2) is 0 Å². The fourth-order valence-electron chi connectivity index (χ4n) is 1.67. The van der Waals surface area contributed by atoms with E-state index in [4.69, 9.17) is 4.74 Å².